The third-order valence-electron chi connectivity index (χ3n) is 1.39. The predicted molar refractivity (Wildman–Crippen MR) is 48.7 cm³/mol. The van der Waals surface area contributed by atoms with Gasteiger partial charge in [0.05, 0.1) is 10.6 Å². The van der Waals surface area contributed by atoms with Gasteiger partial charge in [0.15, 0.2) is 6.21 Å². The van der Waals surface area contributed by atoms with E-state index in [2.05, 4.69) is 0 Å². The standard InChI is InChI=1S/C9H10ClFN.ClH/c1-12(2)6-7-8(10)4-3-5-9(7)11;/h3-6H,1-2H3;1H/q+1;/p-1. The molecule has 1 aromatic rings. The monoisotopic (exact) mass is 221 g/mol. The van der Waals surface area contributed by atoms with Gasteiger partial charge in [-0.1, -0.05) is 17.7 Å². The molecule has 0 saturated carbocycles. The van der Waals surface area contributed by atoms with Gasteiger partial charge in [0.25, 0.3) is 0 Å². The van der Waals surface area contributed by atoms with Gasteiger partial charge >= 0.3 is 0 Å². The van der Waals surface area contributed by atoms with Gasteiger partial charge < -0.3 is 12.4 Å². The third kappa shape index (κ3) is 3.33. The zero-order chi connectivity index (χ0) is 9.14. The average Bonchev–Trinajstić information content (AvgIpc) is 1.97. The molecular weight excluding hydrogens is 212 g/mol. The van der Waals surface area contributed by atoms with Crippen LogP contribution in [0.4, 0.5) is 4.39 Å². The van der Waals surface area contributed by atoms with Gasteiger partial charge in [0.2, 0.25) is 0 Å². The van der Waals surface area contributed by atoms with Crippen LogP contribution in [0.2, 0.25) is 5.02 Å². The van der Waals surface area contributed by atoms with Crippen LogP contribution in [0.5, 0.6) is 0 Å². The van der Waals surface area contributed by atoms with Crippen LogP contribution < -0.4 is 12.4 Å². The van der Waals surface area contributed by atoms with E-state index in [4.69, 9.17) is 11.6 Å². The molecule has 0 aliphatic rings. The molecule has 0 saturated heterocycles. The number of hydrogen-bond acceptors (Lipinski definition) is 0. The van der Waals surface area contributed by atoms with E-state index in [1.807, 2.05) is 14.1 Å². The first-order chi connectivity index (χ1) is 5.61. The van der Waals surface area contributed by atoms with Gasteiger partial charge in [-0.15, -0.1) is 0 Å². The van der Waals surface area contributed by atoms with E-state index in [0.29, 0.717) is 10.6 Å². The number of benzene rings is 1. The van der Waals surface area contributed by atoms with Gasteiger partial charge in [-0.2, -0.15) is 0 Å². The summed E-state index contributed by atoms with van der Waals surface area (Å²) in [6.45, 7) is 0. The Balaban J connectivity index is 0.00000144. The van der Waals surface area contributed by atoms with Crippen molar-refractivity contribution in [2.24, 2.45) is 0 Å². The molecule has 72 valence electrons. The largest absolute Gasteiger partial charge is 1.00 e. The van der Waals surface area contributed by atoms with E-state index in [1.165, 1.54) is 6.07 Å². The second-order valence-corrected chi connectivity index (χ2v) is 3.14. The van der Waals surface area contributed by atoms with Gasteiger partial charge in [-0.25, -0.2) is 8.97 Å². The van der Waals surface area contributed by atoms with E-state index in [1.54, 1.807) is 22.9 Å². The lowest BCUT2D eigenvalue weighted by atomic mass is 10.2. The maximum atomic E-state index is 13.1. The van der Waals surface area contributed by atoms with E-state index < -0.39 is 0 Å². The molecule has 0 fully saturated rings. The van der Waals surface area contributed by atoms with Crippen molar-refractivity contribution in [1.29, 1.82) is 0 Å². The minimum atomic E-state index is -0.295. The van der Waals surface area contributed by atoms with Crippen molar-refractivity contribution in [3.63, 3.8) is 0 Å². The Hall–Kier alpha value is -0.600. The van der Waals surface area contributed by atoms with E-state index in [9.17, 15) is 4.39 Å². The summed E-state index contributed by atoms with van der Waals surface area (Å²) < 4.78 is 14.8. The molecule has 0 aliphatic carbocycles. The normalized spacial score (nSPS) is 8.92. The van der Waals surface area contributed by atoms with Gasteiger partial charge in [-0.3, -0.25) is 0 Å². The number of hydrogen-bond donors (Lipinski definition) is 0. The van der Waals surface area contributed by atoms with Crippen LogP contribution in [0.15, 0.2) is 18.2 Å². The molecule has 1 rings (SSSR count). The van der Waals surface area contributed by atoms with Gasteiger partial charge in [0, 0.05) is 0 Å². The summed E-state index contributed by atoms with van der Waals surface area (Å²) in [5.74, 6) is -0.295. The van der Waals surface area contributed by atoms with Crippen LogP contribution in [-0.4, -0.2) is 24.9 Å². The predicted octanol–water partition coefficient (Wildman–Crippen LogP) is -0.826. The Morgan fingerprint density at radius 3 is 2.46 bits per heavy atom. The second-order valence-electron chi connectivity index (χ2n) is 2.73. The minimum Gasteiger partial charge on any atom is -1.00 e. The zero-order valence-corrected chi connectivity index (χ0v) is 8.90. The molecule has 1 aromatic carbocycles. The van der Waals surface area contributed by atoms with Crippen LogP contribution >= 0.6 is 11.6 Å². The minimum absolute atomic E-state index is 0. The van der Waals surface area contributed by atoms with Crippen molar-refractivity contribution < 1.29 is 21.4 Å². The Morgan fingerprint density at radius 2 is 2.00 bits per heavy atom. The maximum absolute atomic E-state index is 13.1. The van der Waals surface area contributed by atoms with Crippen molar-refractivity contribution >= 4 is 17.8 Å². The van der Waals surface area contributed by atoms with Crippen LogP contribution in [0.3, 0.4) is 0 Å². The Labute approximate surface area is 88.3 Å². The van der Waals surface area contributed by atoms with E-state index in [-0.39, 0.29) is 18.2 Å². The fourth-order valence-corrected chi connectivity index (χ4v) is 1.10. The Kier molecular flexibility index (Phi) is 4.96. The molecule has 0 aliphatic heterocycles. The number of rotatable bonds is 1. The molecule has 13 heavy (non-hydrogen) atoms. The Morgan fingerprint density at radius 1 is 1.38 bits per heavy atom. The first-order valence-corrected chi connectivity index (χ1v) is 3.94. The van der Waals surface area contributed by atoms with Gasteiger partial charge in [0.1, 0.15) is 19.9 Å². The molecule has 0 N–H and O–H groups in total. The van der Waals surface area contributed by atoms with Crippen LogP contribution in [0.25, 0.3) is 0 Å². The molecule has 0 unspecified atom stereocenters. The Bertz CT molecular complexity index is 299. The molecular formula is C9H10Cl2FN. The van der Waals surface area contributed by atoms with Crippen molar-refractivity contribution in [2.75, 3.05) is 14.1 Å². The summed E-state index contributed by atoms with van der Waals surface area (Å²) in [7, 11) is 3.64. The number of halogens is 3. The van der Waals surface area contributed by atoms with Crippen molar-refractivity contribution in [3.05, 3.63) is 34.6 Å². The highest BCUT2D eigenvalue weighted by atomic mass is 35.5. The van der Waals surface area contributed by atoms with Crippen molar-refractivity contribution in [3.8, 4) is 0 Å². The van der Waals surface area contributed by atoms with Crippen molar-refractivity contribution in [1.82, 2.24) is 0 Å². The molecule has 0 atom stereocenters. The highest BCUT2D eigenvalue weighted by molar-refractivity contribution is 6.32. The molecule has 0 heterocycles. The van der Waals surface area contributed by atoms with Crippen LogP contribution in [-0.2, 0) is 0 Å². The topological polar surface area (TPSA) is 3.01 Å². The van der Waals surface area contributed by atoms with Crippen LogP contribution in [0.1, 0.15) is 5.56 Å². The average molecular weight is 222 g/mol. The first kappa shape index (κ1) is 12.4. The smallest absolute Gasteiger partial charge is 0.174 e. The summed E-state index contributed by atoms with van der Waals surface area (Å²) in [5.41, 5.74) is 0.434. The van der Waals surface area contributed by atoms with Crippen molar-refractivity contribution in [2.45, 2.75) is 0 Å². The highest BCUT2D eigenvalue weighted by Gasteiger charge is 2.06. The fourth-order valence-electron chi connectivity index (χ4n) is 0.892. The maximum Gasteiger partial charge on any atom is 0.174 e. The molecule has 0 bridgehead atoms. The lowest BCUT2D eigenvalue weighted by molar-refractivity contribution is -0.458. The number of nitrogens with zero attached hydrogens (tertiary/aromatic N) is 1. The second kappa shape index (κ2) is 5.20. The molecule has 1 nitrogen and oxygen atoms in total. The first-order valence-electron chi connectivity index (χ1n) is 3.56. The molecule has 0 spiro atoms. The van der Waals surface area contributed by atoms with Crippen LogP contribution in [0, 0.1) is 5.82 Å². The fraction of sp³-hybridized carbons (Fsp3) is 0.222. The summed E-state index contributed by atoms with van der Waals surface area (Å²) in [4.78, 5) is 0. The molecule has 0 aromatic heterocycles. The summed E-state index contributed by atoms with van der Waals surface area (Å²) in [6.07, 6.45) is 1.65. The van der Waals surface area contributed by atoms with Gasteiger partial charge in [-0.05, 0) is 12.1 Å². The quantitative estimate of drug-likeness (QED) is 0.431. The van der Waals surface area contributed by atoms with E-state index in [0.717, 1.165) is 0 Å². The molecule has 0 amide bonds. The SMILES string of the molecule is C[N+](C)=Cc1c(F)cccc1Cl.[Cl-]. The summed E-state index contributed by atoms with van der Waals surface area (Å²) in [6, 6.07) is 4.64. The lowest BCUT2D eigenvalue weighted by Crippen LogP contribution is -3.00. The zero-order valence-electron chi connectivity index (χ0n) is 7.39. The summed E-state index contributed by atoms with van der Waals surface area (Å²) >= 11 is 5.78. The molecule has 0 radical (unpaired) electrons. The third-order valence-corrected chi connectivity index (χ3v) is 1.72. The highest BCUT2D eigenvalue weighted by Crippen LogP contribution is 2.16. The van der Waals surface area contributed by atoms with E-state index >= 15 is 0 Å². The summed E-state index contributed by atoms with van der Waals surface area (Å²) in [5, 5.41) is 0.434. The lowest BCUT2D eigenvalue weighted by Gasteiger charge is -1.96. The molecule has 4 heteroatoms.